The lowest BCUT2D eigenvalue weighted by Gasteiger charge is -2.14. The molecule has 1 aliphatic carbocycles. The highest BCUT2D eigenvalue weighted by molar-refractivity contribution is 6.00. The van der Waals surface area contributed by atoms with Crippen molar-refractivity contribution in [2.75, 3.05) is 32.5 Å². The third kappa shape index (κ3) is 4.57. The SMILES string of the molecule is CCc1cccc(CC)c1NC(=O)C1CC1C(=O)NCCN(C)C. The first-order valence-corrected chi connectivity index (χ1v) is 8.81. The van der Waals surface area contributed by atoms with Gasteiger partial charge >= 0.3 is 0 Å². The molecule has 5 heteroatoms. The van der Waals surface area contributed by atoms with Crippen molar-refractivity contribution in [1.82, 2.24) is 10.2 Å². The van der Waals surface area contributed by atoms with Gasteiger partial charge in [0.1, 0.15) is 0 Å². The molecule has 1 aromatic rings. The molecule has 0 spiro atoms. The van der Waals surface area contributed by atoms with Gasteiger partial charge < -0.3 is 15.5 Å². The second kappa shape index (κ2) is 8.29. The molecule has 5 nitrogen and oxygen atoms in total. The third-order valence-electron chi connectivity index (χ3n) is 4.57. The summed E-state index contributed by atoms with van der Waals surface area (Å²) in [6.45, 7) is 5.60. The number of hydrogen-bond donors (Lipinski definition) is 2. The highest BCUT2D eigenvalue weighted by Crippen LogP contribution is 2.40. The Hall–Kier alpha value is -1.88. The fourth-order valence-corrected chi connectivity index (χ4v) is 2.93. The van der Waals surface area contributed by atoms with E-state index in [1.54, 1.807) is 0 Å². The van der Waals surface area contributed by atoms with Crippen LogP contribution in [0.4, 0.5) is 5.69 Å². The van der Waals surface area contributed by atoms with Crippen LogP contribution in [0.3, 0.4) is 0 Å². The molecule has 1 saturated carbocycles. The van der Waals surface area contributed by atoms with Crippen molar-refractivity contribution < 1.29 is 9.59 Å². The largest absolute Gasteiger partial charge is 0.355 e. The van der Waals surface area contributed by atoms with Gasteiger partial charge in [0.05, 0.1) is 11.8 Å². The van der Waals surface area contributed by atoms with Gasteiger partial charge in [-0.15, -0.1) is 0 Å². The van der Waals surface area contributed by atoms with E-state index in [0.29, 0.717) is 13.0 Å². The quantitative estimate of drug-likeness (QED) is 0.766. The van der Waals surface area contributed by atoms with Crippen LogP contribution in [0, 0.1) is 11.8 Å². The molecule has 132 valence electrons. The zero-order chi connectivity index (χ0) is 17.7. The predicted molar refractivity (Wildman–Crippen MR) is 97.0 cm³/mol. The normalized spacial score (nSPS) is 19.2. The monoisotopic (exact) mass is 331 g/mol. The van der Waals surface area contributed by atoms with E-state index in [4.69, 9.17) is 0 Å². The van der Waals surface area contributed by atoms with E-state index in [9.17, 15) is 9.59 Å². The highest BCUT2D eigenvalue weighted by atomic mass is 16.2. The molecule has 2 unspecified atom stereocenters. The first-order valence-electron chi connectivity index (χ1n) is 8.81. The summed E-state index contributed by atoms with van der Waals surface area (Å²) in [5, 5.41) is 5.98. The zero-order valence-electron chi connectivity index (χ0n) is 15.2. The van der Waals surface area contributed by atoms with Crippen molar-refractivity contribution in [2.45, 2.75) is 33.1 Å². The molecule has 1 aromatic carbocycles. The molecule has 0 aliphatic heterocycles. The van der Waals surface area contributed by atoms with Gasteiger partial charge in [-0.25, -0.2) is 0 Å². The zero-order valence-corrected chi connectivity index (χ0v) is 15.2. The lowest BCUT2D eigenvalue weighted by molar-refractivity contribution is -0.125. The van der Waals surface area contributed by atoms with Gasteiger partial charge in [-0.05, 0) is 44.5 Å². The van der Waals surface area contributed by atoms with Crippen molar-refractivity contribution in [2.24, 2.45) is 11.8 Å². The number of amides is 2. The molecule has 1 aliphatic rings. The number of anilines is 1. The Kier molecular flexibility index (Phi) is 6.37. The average molecular weight is 331 g/mol. The minimum absolute atomic E-state index is 0.00325. The molecule has 24 heavy (non-hydrogen) atoms. The summed E-state index contributed by atoms with van der Waals surface area (Å²) >= 11 is 0. The summed E-state index contributed by atoms with van der Waals surface area (Å²) in [6, 6.07) is 6.13. The van der Waals surface area contributed by atoms with Gasteiger partial charge in [-0.2, -0.15) is 0 Å². The number of likely N-dealkylation sites (N-methyl/N-ethyl adjacent to an activating group) is 1. The van der Waals surface area contributed by atoms with Crippen LogP contribution in [-0.2, 0) is 22.4 Å². The average Bonchev–Trinajstić information content (AvgIpc) is 3.35. The fraction of sp³-hybridized carbons (Fsp3) is 0.579. The summed E-state index contributed by atoms with van der Waals surface area (Å²) in [5.41, 5.74) is 3.23. The van der Waals surface area contributed by atoms with E-state index in [0.717, 1.165) is 36.2 Å². The number of nitrogens with zero attached hydrogens (tertiary/aromatic N) is 1. The van der Waals surface area contributed by atoms with Crippen LogP contribution < -0.4 is 10.6 Å². The molecular weight excluding hydrogens is 302 g/mol. The molecule has 0 bridgehead atoms. The van der Waals surface area contributed by atoms with Crippen molar-refractivity contribution in [1.29, 1.82) is 0 Å². The minimum atomic E-state index is -0.195. The number of benzene rings is 1. The number of carbonyl (C=O) groups excluding carboxylic acids is 2. The second-order valence-electron chi connectivity index (χ2n) is 6.69. The Morgan fingerprint density at radius 1 is 1.08 bits per heavy atom. The molecule has 0 saturated heterocycles. The molecule has 1 fully saturated rings. The molecule has 0 radical (unpaired) electrons. The number of hydrogen-bond acceptors (Lipinski definition) is 3. The van der Waals surface area contributed by atoms with Crippen LogP contribution in [0.15, 0.2) is 18.2 Å². The Morgan fingerprint density at radius 3 is 2.21 bits per heavy atom. The molecule has 0 aromatic heterocycles. The number of rotatable bonds is 8. The van der Waals surface area contributed by atoms with Gasteiger partial charge in [0, 0.05) is 18.8 Å². The van der Waals surface area contributed by atoms with Crippen LogP contribution in [0.2, 0.25) is 0 Å². The topological polar surface area (TPSA) is 61.4 Å². The van der Waals surface area contributed by atoms with E-state index < -0.39 is 0 Å². The molecule has 2 rings (SSSR count). The number of para-hydroxylation sites is 1. The maximum absolute atomic E-state index is 12.5. The van der Waals surface area contributed by atoms with Crippen LogP contribution in [-0.4, -0.2) is 43.9 Å². The fourth-order valence-electron chi connectivity index (χ4n) is 2.93. The van der Waals surface area contributed by atoms with Gasteiger partial charge in [0.2, 0.25) is 11.8 Å². The summed E-state index contributed by atoms with van der Waals surface area (Å²) in [5.74, 6) is -0.403. The van der Waals surface area contributed by atoms with Crippen LogP contribution >= 0.6 is 0 Å². The third-order valence-corrected chi connectivity index (χ3v) is 4.57. The van der Waals surface area contributed by atoms with E-state index in [1.807, 2.05) is 37.2 Å². The van der Waals surface area contributed by atoms with E-state index in [2.05, 4.69) is 24.5 Å². The Labute approximate surface area is 144 Å². The smallest absolute Gasteiger partial charge is 0.228 e. The summed E-state index contributed by atoms with van der Waals surface area (Å²) in [4.78, 5) is 26.6. The highest BCUT2D eigenvalue weighted by Gasteiger charge is 2.48. The van der Waals surface area contributed by atoms with Gasteiger partial charge in [0.15, 0.2) is 0 Å². The molecule has 2 N–H and O–H groups in total. The second-order valence-corrected chi connectivity index (χ2v) is 6.69. The van der Waals surface area contributed by atoms with Crippen LogP contribution in [0.25, 0.3) is 0 Å². The predicted octanol–water partition coefficient (Wildman–Crippen LogP) is 2.06. The van der Waals surface area contributed by atoms with Gasteiger partial charge in [-0.1, -0.05) is 32.0 Å². The maximum Gasteiger partial charge on any atom is 0.228 e. The summed E-state index contributed by atoms with van der Waals surface area (Å²) < 4.78 is 0. The minimum Gasteiger partial charge on any atom is -0.355 e. The van der Waals surface area contributed by atoms with E-state index >= 15 is 0 Å². The Balaban J connectivity index is 1.92. The van der Waals surface area contributed by atoms with Crippen molar-refractivity contribution in [3.05, 3.63) is 29.3 Å². The lowest BCUT2D eigenvalue weighted by atomic mass is 10.0. The lowest BCUT2D eigenvalue weighted by Crippen LogP contribution is -2.33. The van der Waals surface area contributed by atoms with Crippen LogP contribution in [0.1, 0.15) is 31.4 Å². The van der Waals surface area contributed by atoms with Crippen molar-refractivity contribution in [3.8, 4) is 0 Å². The number of aryl methyl sites for hydroxylation is 2. The summed E-state index contributed by atoms with van der Waals surface area (Å²) in [6.07, 6.45) is 2.40. The molecule has 2 amide bonds. The molecule has 0 heterocycles. The standard InChI is InChI=1S/C19H29N3O2/c1-5-13-8-7-9-14(6-2)17(13)21-19(24)16-12-15(16)18(23)20-10-11-22(3)4/h7-9,15-16H,5-6,10-12H2,1-4H3,(H,20,23)(H,21,24). The first kappa shape index (κ1) is 18.5. The molecule has 2 atom stereocenters. The molecular formula is C19H29N3O2. The number of carbonyl (C=O) groups is 2. The Bertz CT molecular complexity index is 576. The van der Waals surface area contributed by atoms with Gasteiger partial charge in [0.25, 0.3) is 0 Å². The van der Waals surface area contributed by atoms with Gasteiger partial charge in [-0.3, -0.25) is 9.59 Å². The van der Waals surface area contributed by atoms with E-state index in [1.165, 1.54) is 0 Å². The van der Waals surface area contributed by atoms with Crippen LogP contribution in [0.5, 0.6) is 0 Å². The first-order chi connectivity index (χ1) is 11.5. The number of nitrogens with one attached hydrogen (secondary N) is 2. The summed E-state index contributed by atoms with van der Waals surface area (Å²) in [7, 11) is 3.94. The van der Waals surface area contributed by atoms with E-state index in [-0.39, 0.29) is 23.7 Å². The Morgan fingerprint density at radius 2 is 1.67 bits per heavy atom. The van der Waals surface area contributed by atoms with Crippen molar-refractivity contribution >= 4 is 17.5 Å². The maximum atomic E-state index is 12.5. The van der Waals surface area contributed by atoms with Crippen molar-refractivity contribution in [3.63, 3.8) is 0 Å².